The van der Waals surface area contributed by atoms with Gasteiger partial charge in [-0.25, -0.2) is 0 Å². The molecule has 0 aromatic heterocycles. The number of hydrogen-bond acceptors (Lipinski definition) is 6. The van der Waals surface area contributed by atoms with E-state index >= 15 is 0 Å². The quantitative estimate of drug-likeness (QED) is 0.480. The van der Waals surface area contributed by atoms with Crippen LogP contribution in [0.4, 0.5) is 13.2 Å². The second kappa shape index (κ2) is 8.07. The molecule has 0 radical (unpaired) electrons. The van der Waals surface area contributed by atoms with Crippen molar-refractivity contribution in [1.29, 1.82) is 0 Å². The van der Waals surface area contributed by atoms with Crippen molar-refractivity contribution in [1.82, 2.24) is 0 Å². The molecule has 0 N–H and O–H groups in total. The number of benzene rings is 1. The van der Waals surface area contributed by atoms with E-state index in [4.69, 9.17) is 9.26 Å². The third kappa shape index (κ3) is 6.29. The van der Waals surface area contributed by atoms with Crippen LogP contribution in [0.15, 0.2) is 23.1 Å². The minimum Gasteiger partial charge on any atom is -0.492 e. The van der Waals surface area contributed by atoms with E-state index in [-0.39, 0.29) is 6.61 Å². The molecule has 0 fully saturated rings. The molecule has 1 aromatic rings. The largest absolute Gasteiger partial charge is 0.492 e. The Labute approximate surface area is 144 Å². The summed E-state index contributed by atoms with van der Waals surface area (Å²) in [6.07, 6.45) is -6.29. The summed E-state index contributed by atoms with van der Waals surface area (Å²) in [6, 6.07) is 2.72. The monoisotopic (exact) mass is 404 g/mol. The topological polar surface area (TPSA) is 78.9 Å². The highest BCUT2D eigenvalue weighted by Crippen LogP contribution is 2.46. The first-order chi connectivity index (χ1) is 11.3. The molecule has 0 spiro atoms. The summed E-state index contributed by atoms with van der Waals surface area (Å²) in [5.74, 6) is -0.493. The van der Waals surface area contributed by atoms with E-state index in [0.29, 0.717) is 6.07 Å². The van der Waals surface area contributed by atoms with Crippen LogP contribution in [0, 0.1) is 0 Å². The van der Waals surface area contributed by atoms with E-state index in [9.17, 15) is 26.2 Å². The van der Waals surface area contributed by atoms with E-state index in [1.54, 1.807) is 13.8 Å². The Bertz CT molecular complexity index is 745. The van der Waals surface area contributed by atoms with Gasteiger partial charge in [0.15, 0.2) is 0 Å². The van der Waals surface area contributed by atoms with Crippen LogP contribution in [0.3, 0.4) is 0 Å². The molecule has 1 rings (SSSR count). The van der Waals surface area contributed by atoms with Gasteiger partial charge in [0.05, 0.1) is 18.3 Å². The van der Waals surface area contributed by atoms with Crippen LogP contribution in [-0.2, 0) is 29.6 Å². The molecular formula is C14H20F3O6PS. The fourth-order valence-electron chi connectivity index (χ4n) is 1.97. The Morgan fingerprint density at radius 3 is 2.32 bits per heavy atom. The van der Waals surface area contributed by atoms with Crippen LogP contribution in [0.5, 0.6) is 5.75 Å². The van der Waals surface area contributed by atoms with Gasteiger partial charge in [-0.3, -0.25) is 8.75 Å². The Morgan fingerprint density at radius 2 is 1.84 bits per heavy atom. The molecule has 1 unspecified atom stereocenters. The summed E-state index contributed by atoms with van der Waals surface area (Å²) in [4.78, 5) is -1.14. The maximum atomic E-state index is 13.2. The number of ether oxygens (including phenoxy) is 1. The lowest BCUT2D eigenvalue weighted by Crippen LogP contribution is -2.18. The lowest BCUT2D eigenvalue weighted by atomic mass is 10.2. The second-order valence-corrected chi connectivity index (χ2v) is 9.48. The predicted molar refractivity (Wildman–Crippen MR) is 85.5 cm³/mol. The molecule has 6 nitrogen and oxygen atoms in total. The Balaban J connectivity index is 3.30. The average molecular weight is 404 g/mol. The Morgan fingerprint density at radius 1 is 1.24 bits per heavy atom. The minimum atomic E-state index is -4.94. The normalized spacial score (nSPS) is 15.2. The van der Waals surface area contributed by atoms with E-state index in [2.05, 4.69) is 4.18 Å². The molecule has 0 saturated carbocycles. The van der Waals surface area contributed by atoms with E-state index < -0.39 is 52.3 Å². The van der Waals surface area contributed by atoms with Crippen LogP contribution in [0.1, 0.15) is 26.3 Å². The van der Waals surface area contributed by atoms with Crippen molar-refractivity contribution in [2.45, 2.75) is 37.9 Å². The van der Waals surface area contributed by atoms with Gasteiger partial charge in [-0.15, -0.1) is 0 Å². The molecule has 0 amide bonds. The summed E-state index contributed by atoms with van der Waals surface area (Å²) >= 11 is 0. The lowest BCUT2D eigenvalue weighted by Gasteiger charge is -2.19. The highest BCUT2D eigenvalue weighted by atomic mass is 32.2. The van der Waals surface area contributed by atoms with Gasteiger partial charge in [0.1, 0.15) is 17.0 Å². The molecule has 1 aromatic carbocycles. The molecule has 0 aliphatic rings. The lowest BCUT2D eigenvalue weighted by molar-refractivity contribution is -0.140. The van der Waals surface area contributed by atoms with Crippen molar-refractivity contribution >= 4 is 17.5 Å². The van der Waals surface area contributed by atoms with Gasteiger partial charge in [0.2, 0.25) is 7.37 Å². The molecule has 25 heavy (non-hydrogen) atoms. The summed E-state index contributed by atoms with van der Waals surface area (Å²) < 4.78 is 91.1. The predicted octanol–water partition coefficient (Wildman–Crippen LogP) is 4.10. The molecule has 0 aliphatic heterocycles. The number of halogens is 3. The zero-order valence-corrected chi connectivity index (χ0v) is 15.9. The zero-order chi connectivity index (χ0) is 19.5. The first-order valence-corrected chi connectivity index (χ1v) is 10.9. The van der Waals surface area contributed by atoms with Crippen LogP contribution in [0.25, 0.3) is 0 Å². The standard InChI is InChI=1S/C14H20F3O6PS/c1-5-21-12-8-6-7-11(14(15,16)17)13(12)25(19,20)22-9-24(4,18)23-10(2)3/h6-8,10H,5,9H2,1-4H3. The van der Waals surface area contributed by atoms with Crippen LogP contribution in [0.2, 0.25) is 0 Å². The maximum Gasteiger partial charge on any atom is 0.417 e. The zero-order valence-electron chi connectivity index (χ0n) is 14.2. The summed E-state index contributed by atoms with van der Waals surface area (Å²) in [5.41, 5.74) is -1.42. The van der Waals surface area contributed by atoms with Crippen molar-refractivity contribution in [3.63, 3.8) is 0 Å². The maximum absolute atomic E-state index is 13.2. The van der Waals surface area contributed by atoms with Crippen LogP contribution < -0.4 is 4.74 Å². The minimum absolute atomic E-state index is 0.0490. The van der Waals surface area contributed by atoms with Gasteiger partial charge in [-0.05, 0) is 32.9 Å². The van der Waals surface area contributed by atoms with E-state index in [1.165, 1.54) is 6.92 Å². The number of hydrogen-bond donors (Lipinski definition) is 0. The fraction of sp³-hybridized carbons (Fsp3) is 0.571. The molecule has 1 atom stereocenters. The van der Waals surface area contributed by atoms with Crippen LogP contribution >= 0.6 is 7.37 Å². The molecule has 0 heterocycles. The van der Waals surface area contributed by atoms with Crippen LogP contribution in [-0.4, -0.2) is 34.1 Å². The summed E-state index contributed by atoms with van der Waals surface area (Å²) in [6.45, 7) is 5.75. The van der Waals surface area contributed by atoms with E-state index in [1.807, 2.05) is 0 Å². The first kappa shape index (κ1) is 22.0. The first-order valence-electron chi connectivity index (χ1n) is 7.27. The van der Waals surface area contributed by atoms with Gasteiger partial charge < -0.3 is 9.26 Å². The highest BCUT2D eigenvalue weighted by Gasteiger charge is 2.40. The molecule has 0 aliphatic carbocycles. The third-order valence-corrected chi connectivity index (χ3v) is 5.70. The Kier molecular flexibility index (Phi) is 7.09. The summed E-state index contributed by atoms with van der Waals surface area (Å²) in [7, 11) is -8.37. The fourth-order valence-corrected chi connectivity index (χ4v) is 5.18. The van der Waals surface area contributed by atoms with Crippen molar-refractivity contribution in [3.8, 4) is 5.75 Å². The smallest absolute Gasteiger partial charge is 0.417 e. The summed E-state index contributed by atoms with van der Waals surface area (Å²) in [5, 5.41) is 0. The van der Waals surface area contributed by atoms with Crippen molar-refractivity contribution in [2.24, 2.45) is 0 Å². The number of alkyl halides is 3. The van der Waals surface area contributed by atoms with Crippen molar-refractivity contribution in [3.05, 3.63) is 23.8 Å². The van der Waals surface area contributed by atoms with Crippen molar-refractivity contribution in [2.75, 3.05) is 19.6 Å². The number of rotatable bonds is 8. The van der Waals surface area contributed by atoms with Crippen molar-refractivity contribution < 1.29 is 39.6 Å². The average Bonchev–Trinajstić information content (AvgIpc) is 2.43. The van der Waals surface area contributed by atoms with Gasteiger partial charge in [0.25, 0.3) is 0 Å². The highest BCUT2D eigenvalue weighted by molar-refractivity contribution is 7.87. The molecule has 11 heteroatoms. The molecule has 144 valence electrons. The van der Waals surface area contributed by atoms with Gasteiger partial charge in [0, 0.05) is 6.66 Å². The Hall–Kier alpha value is -1.09. The second-order valence-electron chi connectivity index (χ2n) is 5.43. The molecule has 0 saturated heterocycles. The molecular weight excluding hydrogens is 384 g/mol. The SMILES string of the molecule is CCOc1cccc(C(F)(F)F)c1S(=O)(=O)OCP(C)(=O)OC(C)C. The van der Waals surface area contributed by atoms with Gasteiger partial charge in [-0.2, -0.15) is 21.6 Å². The van der Waals surface area contributed by atoms with Gasteiger partial charge >= 0.3 is 16.3 Å². The molecule has 0 bridgehead atoms. The third-order valence-electron chi connectivity index (χ3n) is 2.71. The van der Waals surface area contributed by atoms with Gasteiger partial charge in [-0.1, -0.05) is 6.07 Å². The van der Waals surface area contributed by atoms with E-state index in [0.717, 1.165) is 18.8 Å².